The molecule has 0 saturated heterocycles. The van der Waals surface area contributed by atoms with Crippen LogP contribution >= 0.6 is 0 Å². The van der Waals surface area contributed by atoms with Crippen molar-refractivity contribution in [3.63, 3.8) is 0 Å². The van der Waals surface area contributed by atoms with Gasteiger partial charge in [-0.05, 0) is 86.5 Å². The molecule has 4 heteroatoms. The number of allylic oxidation sites excluding steroid dienone is 2. The van der Waals surface area contributed by atoms with Crippen LogP contribution in [0, 0.1) is 41.3 Å². The minimum Gasteiger partial charge on any atom is -0.206 e. The molecule has 29 heavy (non-hydrogen) atoms. The second-order valence-electron chi connectivity index (χ2n) is 8.68. The summed E-state index contributed by atoms with van der Waals surface area (Å²) in [4.78, 5) is 0. The second kappa shape index (κ2) is 9.83. The van der Waals surface area contributed by atoms with Gasteiger partial charge in [-0.3, -0.25) is 0 Å². The summed E-state index contributed by atoms with van der Waals surface area (Å²) < 4.78 is 51.3. The molecule has 0 aliphatic heterocycles. The Morgan fingerprint density at radius 1 is 0.966 bits per heavy atom. The monoisotopic (exact) mass is 406 g/mol. The lowest BCUT2D eigenvalue weighted by atomic mass is 9.69. The van der Waals surface area contributed by atoms with Crippen molar-refractivity contribution in [2.24, 2.45) is 23.7 Å². The third kappa shape index (κ3) is 6.11. The third-order valence-corrected chi connectivity index (χ3v) is 6.89. The average Bonchev–Trinajstić information content (AvgIpc) is 2.71. The van der Waals surface area contributed by atoms with Gasteiger partial charge in [0.1, 0.15) is 5.82 Å². The first kappa shape index (κ1) is 21.9. The van der Waals surface area contributed by atoms with Crippen LogP contribution in [0.5, 0.6) is 0 Å². The molecule has 2 aliphatic rings. The van der Waals surface area contributed by atoms with Crippen LogP contribution in [0.25, 0.3) is 0 Å². The Kier molecular flexibility index (Phi) is 7.44. The number of hydrogen-bond acceptors (Lipinski definition) is 0. The zero-order valence-electron chi connectivity index (χ0n) is 17.1. The van der Waals surface area contributed by atoms with E-state index in [2.05, 4.69) is 24.8 Å². The van der Waals surface area contributed by atoms with Crippen LogP contribution < -0.4 is 0 Å². The van der Waals surface area contributed by atoms with Crippen molar-refractivity contribution in [2.45, 2.75) is 70.9 Å². The smallest absolute Gasteiger partial charge is 0.206 e. The average molecular weight is 407 g/mol. The van der Waals surface area contributed by atoms with Gasteiger partial charge < -0.3 is 0 Å². The van der Waals surface area contributed by atoms with Crippen LogP contribution in [-0.4, -0.2) is 0 Å². The van der Waals surface area contributed by atoms with E-state index < -0.39 is 17.6 Å². The van der Waals surface area contributed by atoms with Crippen molar-refractivity contribution in [2.75, 3.05) is 0 Å². The second-order valence-corrected chi connectivity index (χ2v) is 8.68. The Hall–Kier alpha value is -1.76. The first-order valence-electron chi connectivity index (χ1n) is 10.9. The predicted octanol–water partition coefficient (Wildman–Crippen LogP) is 7.78. The Labute approximate surface area is 171 Å². The van der Waals surface area contributed by atoms with Crippen molar-refractivity contribution in [3.05, 3.63) is 47.3 Å². The summed E-state index contributed by atoms with van der Waals surface area (Å²) in [6.07, 6.45) is 11.1. The van der Waals surface area contributed by atoms with Crippen molar-refractivity contribution in [1.29, 1.82) is 0 Å². The minimum atomic E-state index is -4.68. The lowest BCUT2D eigenvalue weighted by Crippen LogP contribution is -2.25. The standard InChI is InChI=1S/C25H30F4/c1-2-18-7-12-21(13-8-18)22-14-9-19(10-15-22)5-3-4-6-20-11-16-23(24(26)17-20)25(27,28)29/h3,5,11,16-19,21-22H,2,7-10,12-15H2,1H3/b5-3+. The summed E-state index contributed by atoms with van der Waals surface area (Å²) in [7, 11) is 0. The van der Waals surface area contributed by atoms with Gasteiger partial charge in [0.25, 0.3) is 0 Å². The predicted molar refractivity (Wildman–Crippen MR) is 109 cm³/mol. The van der Waals surface area contributed by atoms with E-state index in [-0.39, 0.29) is 5.56 Å². The van der Waals surface area contributed by atoms with Crippen LogP contribution in [-0.2, 0) is 6.18 Å². The molecule has 0 amide bonds. The number of halogens is 4. The van der Waals surface area contributed by atoms with Crippen molar-refractivity contribution in [1.82, 2.24) is 0 Å². The summed E-state index contributed by atoms with van der Waals surface area (Å²) in [6, 6.07) is 2.81. The number of rotatable bonds is 3. The molecule has 0 spiro atoms. The molecule has 0 bridgehead atoms. The van der Waals surface area contributed by atoms with Crippen molar-refractivity contribution < 1.29 is 17.6 Å². The highest BCUT2D eigenvalue weighted by molar-refractivity contribution is 5.39. The van der Waals surface area contributed by atoms with Crippen molar-refractivity contribution >= 4 is 0 Å². The Morgan fingerprint density at radius 2 is 1.59 bits per heavy atom. The van der Waals surface area contributed by atoms with Gasteiger partial charge in [0.2, 0.25) is 0 Å². The van der Waals surface area contributed by atoms with Gasteiger partial charge in [-0.1, -0.05) is 44.1 Å². The van der Waals surface area contributed by atoms with Gasteiger partial charge in [0, 0.05) is 5.56 Å². The van der Waals surface area contributed by atoms with E-state index in [4.69, 9.17) is 0 Å². The minimum absolute atomic E-state index is 0.256. The van der Waals surface area contributed by atoms with Gasteiger partial charge in [-0.15, -0.1) is 0 Å². The fourth-order valence-corrected chi connectivity index (χ4v) is 5.01. The van der Waals surface area contributed by atoms with Crippen LogP contribution in [0.4, 0.5) is 17.6 Å². The SMILES string of the molecule is CCC1CCC(C2CCC(/C=C/C#Cc3ccc(C(F)(F)F)c(F)c3)CC2)CC1. The quantitative estimate of drug-likeness (QED) is 0.355. The molecule has 0 unspecified atom stereocenters. The molecule has 1 aromatic carbocycles. The lowest BCUT2D eigenvalue weighted by molar-refractivity contribution is -0.140. The molecule has 2 fully saturated rings. The zero-order valence-corrected chi connectivity index (χ0v) is 17.1. The van der Waals surface area contributed by atoms with Gasteiger partial charge in [-0.2, -0.15) is 13.2 Å². The molecule has 0 nitrogen and oxygen atoms in total. The maximum absolute atomic E-state index is 13.6. The molecular weight excluding hydrogens is 376 g/mol. The number of hydrogen-bond donors (Lipinski definition) is 0. The Morgan fingerprint density at radius 3 is 2.14 bits per heavy atom. The highest BCUT2D eigenvalue weighted by Gasteiger charge is 2.34. The van der Waals surface area contributed by atoms with Crippen LogP contribution in [0.1, 0.15) is 75.8 Å². The van der Waals surface area contributed by atoms with Crippen LogP contribution in [0.2, 0.25) is 0 Å². The van der Waals surface area contributed by atoms with Gasteiger partial charge >= 0.3 is 6.18 Å². The van der Waals surface area contributed by atoms with E-state index >= 15 is 0 Å². The first-order chi connectivity index (χ1) is 13.9. The maximum atomic E-state index is 13.6. The van der Waals surface area contributed by atoms with E-state index in [0.29, 0.717) is 5.92 Å². The molecule has 1 aromatic rings. The highest BCUT2D eigenvalue weighted by Crippen LogP contribution is 2.42. The largest absolute Gasteiger partial charge is 0.419 e. The van der Waals surface area contributed by atoms with E-state index in [0.717, 1.165) is 29.9 Å². The van der Waals surface area contributed by atoms with Crippen LogP contribution in [0.3, 0.4) is 0 Å². The van der Waals surface area contributed by atoms with Gasteiger partial charge in [-0.25, -0.2) is 4.39 Å². The molecule has 0 radical (unpaired) electrons. The molecule has 2 aliphatic carbocycles. The maximum Gasteiger partial charge on any atom is 0.419 e. The normalized spacial score (nSPS) is 28.2. The molecule has 0 heterocycles. The summed E-state index contributed by atoms with van der Waals surface area (Å²) in [5.41, 5.74) is -0.995. The number of alkyl halides is 3. The molecule has 0 aromatic heterocycles. The molecule has 158 valence electrons. The zero-order chi connectivity index (χ0) is 20.9. The Balaban J connectivity index is 1.46. The van der Waals surface area contributed by atoms with Gasteiger partial charge in [0.15, 0.2) is 0 Å². The molecule has 0 N–H and O–H groups in total. The first-order valence-corrected chi connectivity index (χ1v) is 10.9. The van der Waals surface area contributed by atoms with Gasteiger partial charge in [0.05, 0.1) is 5.56 Å². The lowest BCUT2D eigenvalue weighted by Gasteiger charge is -2.37. The molecule has 3 rings (SSSR count). The molecule has 2 saturated carbocycles. The Bertz CT molecular complexity index is 749. The van der Waals surface area contributed by atoms with E-state index in [1.807, 2.05) is 0 Å². The summed E-state index contributed by atoms with van der Waals surface area (Å²) in [5.74, 6) is 7.55. The third-order valence-electron chi connectivity index (χ3n) is 6.89. The van der Waals surface area contributed by atoms with E-state index in [1.165, 1.54) is 63.9 Å². The summed E-state index contributed by atoms with van der Waals surface area (Å²) in [6.45, 7) is 2.31. The summed E-state index contributed by atoms with van der Waals surface area (Å²) in [5, 5.41) is 0. The van der Waals surface area contributed by atoms with E-state index in [1.54, 1.807) is 6.08 Å². The summed E-state index contributed by atoms with van der Waals surface area (Å²) >= 11 is 0. The molecular formula is C25H30F4. The van der Waals surface area contributed by atoms with E-state index in [9.17, 15) is 17.6 Å². The topological polar surface area (TPSA) is 0 Å². The van der Waals surface area contributed by atoms with Crippen LogP contribution in [0.15, 0.2) is 30.4 Å². The molecule has 0 atom stereocenters. The van der Waals surface area contributed by atoms with Crippen molar-refractivity contribution in [3.8, 4) is 11.8 Å². The fourth-order valence-electron chi connectivity index (χ4n) is 5.01. The fraction of sp³-hybridized carbons (Fsp3) is 0.600. The number of benzene rings is 1. The highest BCUT2D eigenvalue weighted by atomic mass is 19.4.